The number of pyridine rings is 1. The zero-order valence-electron chi connectivity index (χ0n) is 20.6. The molecule has 37 heavy (non-hydrogen) atoms. The van der Waals surface area contributed by atoms with E-state index in [1.54, 1.807) is 12.4 Å². The van der Waals surface area contributed by atoms with E-state index in [9.17, 15) is 9.59 Å². The first-order valence-corrected chi connectivity index (χ1v) is 13.0. The average molecular weight is 515 g/mol. The fraction of sp³-hybridized carbons (Fsp3) is 0.286. The highest BCUT2D eigenvalue weighted by molar-refractivity contribution is 7.15. The molecule has 0 spiro atoms. The first kappa shape index (κ1) is 23.4. The van der Waals surface area contributed by atoms with Gasteiger partial charge in [0.25, 0.3) is 5.91 Å². The van der Waals surface area contributed by atoms with Gasteiger partial charge in [0.15, 0.2) is 16.6 Å². The number of likely N-dealkylation sites (tertiary alicyclic amines) is 1. The number of benzene rings is 1. The summed E-state index contributed by atoms with van der Waals surface area (Å²) in [4.78, 5) is 37.7. The van der Waals surface area contributed by atoms with E-state index in [0.717, 1.165) is 33.7 Å². The van der Waals surface area contributed by atoms with Crippen molar-refractivity contribution in [3.63, 3.8) is 0 Å². The maximum atomic E-state index is 13.1. The molecule has 1 aliphatic carbocycles. The number of amides is 2. The maximum Gasteiger partial charge on any atom is 0.255 e. The van der Waals surface area contributed by atoms with Gasteiger partial charge in [-0.15, -0.1) is 11.3 Å². The van der Waals surface area contributed by atoms with E-state index >= 15 is 0 Å². The second-order valence-corrected chi connectivity index (χ2v) is 10.7. The van der Waals surface area contributed by atoms with Crippen LogP contribution in [0.2, 0.25) is 0 Å². The third-order valence-corrected chi connectivity index (χ3v) is 7.76. The van der Waals surface area contributed by atoms with Gasteiger partial charge in [-0.3, -0.25) is 14.6 Å². The van der Waals surface area contributed by atoms with Crippen molar-refractivity contribution < 1.29 is 19.1 Å². The zero-order valence-corrected chi connectivity index (χ0v) is 21.4. The van der Waals surface area contributed by atoms with Crippen LogP contribution in [-0.4, -0.2) is 46.1 Å². The van der Waals surface area contributed by atoms with Crippen molar-refractivity contribution >= 4 is 33.9 Å². The first-order valence-electron chi connectivity index (χ1n) is 12.2. The van der Waals surface area contributed by atoms with Crippen LogP contribution < -0.4 is 14.8 Å². The fourth-order valence-corrected chi connectivity index (χ4v) is 5.96. The Kier molecular flexibility index (Phi) is 6.00. The quantitative estimate of drug-likeness (QED) is 0.537. The topological polar surface area (TPSA) is 93.7 Å². The van der Waals surface area contributed by atoms with Crippen molar-refractivity contribution in [2.45, 2.75) is 32.7 Å². The van der Waals surface area contributed by atoms with E-state index < -0.39 is 0 Å². The number of carbonyl (C=O) groups is 2. The van der Waals surface area contributed by atoms with Gasteiger partial charge < -0.3 is 19.7 Å². The van der Waals surface area contributed by atoms with Crippen LogP contribution in [0, 0.1) is 19.8 Å². The molecular weight excluding hydrogens is 488 g/mol. The minimum atomic E-state index is -0.136. The van der Waals surface area contributed by atoms with Crippen molar-refractivity contribution in [3.05, 3.63) is 82.1 Å². The van der Waals surface area contributed by atoms with Crippen LogP contribution in [0.25, 0.3) is 5.57 Å². The number of ether oxygens (including phenoxy) is 2. The van der Waals surface area contributed by atoms with Gasteiger partial charge in [-0.25, -0.2) is 4.98 Å². The second kappa shape index (κ2) is 9.48. The Hall–Kier alpha value is -3.98. The molecule has 1 N–H and O–H groups in total. The molecule has 3 aromatic rings. The predicted molar refractivity (Wildman–Crippen MR) is 141 cm³/mol. The number of hydrogen-bond donors (Lipinski definition) is 1. The molecular formula is C28H26N4O4S. The van der Waals surface area contributed by atoms with E-state index in [1.165, 1.54) is 11.3 Å². The highest BCUT2D eigenvalue weighted by Gasteiger charge is 2.36. The number of aryl methyl sites for hydroxylation is 2. The summed E-state index contributed by atoms with van der Waals surface area (Å²) in [5, 5.41) is 3.51. The number of allylic oxidation sites excluding steroid dienone is 2. The predicted octanol–water partition coefficient (Wildman–Crippen LogP) is 4.55. The number of rotatable bonds is 5. The van der Waals surface area contributed by atoms with Crippen molar-refractivity contribution in [1.82, 2.24) is 14.9 Å². The first-order chi connectivity index (χ1) is 17.9. The number of thiazole rings is 1. The summed E-state index contributed by atoms with van der Waals surface area (Å²) >= 11 is 1.46. The summed E-state index contributed by atoms with van der Waals surface area (Å²) in [6.07, 6.45) is 10.9. The Balaban J connectivity index is 1.13. The maximum absolute atomic E-state index is 13.1. The summed E-state index contributed by atoms with van der Waals surface area (Å²) in [5.74, 6) is 1.47. The lowest BCUT2D eigenvalue weighted by Gasteiger charge is -2.27. The zero-order chi connectivity index (χ0) is 25.5. The van der Waals surface area contributed by atoms with E-state index in [2.05, 4.69) is 22.5 Å². The highest BCUT2D eigenvalue weighted by atomic mass is 32.1. The van der Waals surface area contributed by atoms with Crippen LogP contribution >= 0.6 is 11.3 Å². The molecule has 4 heterocycles. The third kappa shape index (κ3) is 4.62. The normalized spacial score (nSPS) is 19.5. The van der Waals surface area contributed by atoms with Gasteiger partial charge in [0.05, 0.1) is 23.7 Å². The Morgan fingerprint density at radius 3 is 2.89 bits per heavy atom. The number of fused-ring (bicyclic) bond motifs is 2. The summed E-state index contributed by atoms with van der Waals surface area (Å²) in [6, 6.07) is 7.43. The minimum Gasteiger partial charge on any atom is -0.454 e. The van der Waals surface area contributed by atoms with Crippen LogP contribution in [0.5, 0.6) is 11.5 Å². The monoisotopic (exact) mass is 514 g/mol. The van der Waals surface area contributed by atoms with Gasteiger partial charge in [0.1, 0.15) is 0 Å². The summed E-state index contributed by atoms with van der Waals surface area (Å²) in [5.41, 5.74) is 4.34. The second-order valence-electron chi connectivity index (χ2n) is 9.51. The highest BCUT2D eigenvalue weighted by Crippen LogP contribution is 2.37. The Morgan fingerprint density at radius 1 is 1.16 bits per heavy atom. The lowest BCUT2D eigenvalue weighted by molar-refractivity contribution is -0.115. The molecule has 1 saturated heterocycles. The number of anilines is 1. The molecule has 0 radical (unpaired) electrons. The van der Waals surface area contributed by atoms with E-state index in [1.807, 2.05) is 49.1 Å². The van der Waals surface area contributed by atoms with Crippen LogP contribution in [0.15, 0.2) is 54.9 Å². The van der Waals surface area contributed by atoms with Gasteiger partial charge in [0.2, 0.25) is 12.7 Å². The Bertz CT molecular complexity index is 1460. The fourth-order valence-electron chi connectivity index (χ4n) is 5.11. The molecule has 2 aromatic heterocycles. The molecule has 8 nitrogen and oxygen atoms in total. The molecule has 2 amide bonds. The molecule has 1 aromatic carbocycles. The van der Waals surface area contributed by atoms with Crippen LogP contribution in [0.4, 0.5) is 5.13 Å². The number of aromatic nitrogens is 2. The van der Waals surface area contributed by atoms with Gasteiger partial charge in [-0.1, -0.05) is 24.3 Å². The SMILES string of the molecule is Cc1cncc(C(=O)N2CCC3C=C(c4nc(NC(=O)Cc5ccc6c(c5)OCO6)sc4C)C=CC32)c1. The van der Waals surface area contributed by atoms with Gasteiger partial charge in [-0.2, -0.15) is 0 Å². The lowest BCUT2D eigenvalue weighted by Crippen LogP contribution is -2.37. The van der Waals surface area contributed by atoms with Crippen LogP contribution in [0.3, 0.4) is 0 Å². The molecule has 0 bridgehead atoms. The molecule has 0 saturated carbocycles. The van der Waals surface area contributed by atoms with Crippen molar-refractivity contribution in [2.24, 2.45) is 5.92 Å². The standard InChI is InChI=1S/C28H26N4O4S/c1-16-9-21(14-29-13-16)27(34)32-8-7-19-12-20(4-5-22(19)32)26-17(2)37-28(31-26)30-25(33)11-18-3-6-23-24(10-18)36-15-35-23/h3-6,9-10,12-14,19,22H,7-8,11,15H2,1-2H3,(H,30,31,33). The van der Waals surface area contributed by atoms with Crippen LogP contribution in [0.1, 0.15) is 38.5 Å². The van der Waals surface area contributed by atoms with Crippen molar-refractivity contribution in [1.29, 1.82) is 0 Å². The summed E-state index contributed by atoms with van der Waals surface area (Å²) in [6.45, 7) is 4.86. The molecule has 2 unspecified atom stereocenters. The molecule has 188 valence electrons. The number of nitrogens with one attached hydrogen (secondary N) is 1. The largest absolute Gasteiger partial charge is 0.454 e. The molecule has 1 fully saturated rings. The van der Waals surface area contributed by atoms with Gasteiger partial charge in [0, 0.05) is 29.7 Å². The van der Waals surface area contributed by atoms with Gasteiger partial charge in [-0.05, 0) is 55.2 Å². The smallest absolute Gasteiger partial charge is 0.255 e. The average Bonchev–Trinajstić information content (AvgIpc) is 3.61. The number of carbonyl (C=O) groups excluding carboxylic acids is 2. The summed E-state index contributed by atoms with van der Waals surface area (Å²) in [7, 11) is 0. The number of hydrogen-bond acceptors (Lipinski definition) is 7. The van der Waals surface area contributed by atoms with Crippen LogP contribution in [-0.2, 0) is 11.2 Å². The number of nitrogens with zero attached hydrogens (tertiary/aromatic N) is 3. The molecule has 2 aliphatic heterocycles. The van der Waals surface area contributed by atoms with E-state index in [0.29, 0.717) is 28.7 Å². The Morgan fingerprint density at radius 2 is 2.03 bits per heavy atom. The minimum absolute atomic E-state index is 0.0162. The lowest BCUT2D eigenvalue weighted by atomic mass is 9.90. The molecule has 9 heteroatoms. The molecule has 2 atom stereocenters. The molecule has 3 aliphatic rings. The molecule has 6 rings (SSSR count). The van der Waals surface area contributed by atoms with E-state index in [4.69, 9.17) is 14.5 Å². The van der Waals surface area contributed by atoms with E-state index in [-0.39, 0.29) is 37.0 Å². The van der Waals surface area contributed by atoms with Gasteiger partial charge >= 0.3 is 0 Å². The third-order valence-electron chi connectivity index (χ3n) is 6.87. The van der Waals surface area contributed by atoms with Crippen molar-refractivity contribution in [2.75, 3.05) is 18.7 Å². The Labute approximate surface area is 218 Å². The summed E-state index contributed by atoms with van der Waals surface area (Å²) < 4.78 is 10.7. The van der Waals surface area contributed by atoms with Crippen molar-refractivity contribution in [3.8, 4) is 11.5 Å².